The molecule has 0 N–H and O–H groups in total. The molecule has 138 valence electrons. The first-order valence-corrected chi connectivity index (χ1v) is 8.19. The van der Waals surface area contributed by atoms with Gasteiger partial charge < -0.3 is 9.47 Å². The fourth-order valence-electron chi connectivity index (χ4n) is 2.26. The van der Waals surface area contributed by atoms with Gasteiger partial charge in [0.05, 0.1) is 19.4 Å². The number of aromatic nitrogens is 2. The standard InChI is InChI=1S/C19H22N2O5/c1-6-26-18(24)14-11-15(16(22)19(2,3)4)20-21(17(14)23)12-8-7-9-13(10-12)25-5/h7-11H,6H2,1-5H3. The molecule has 0 unspecified atom stereocenters. The van der Waals surface area contributed by atoms with Gasteiger partial charge in [-0.1, -0.05) is 26.8 Å². The van der Waals surface area contributed by atoms with Crippen molar-refractivity contribution in [1.82, 2.24) is 9.78 Å². The minimum Gasteiger partial charge on any atom is -0.497 e. The molecule has 7 nitrogen and oxygen atoms in total. The fraction of sp³-hybridized carbons (Fsp3) is 0.368. The summed E-state index contributed by atoms with van der Waals surface area (Å²) in [6.45, 7) is 6.97. The van der Waals surface area contributed by atoms with Crippen molar-refractivity contribution in [3.8, 4) is 11.4 Å². The molecule has 0 fully saturated rings. The second kappa shape index (κ2) is 7.51. The van der Waals surface area contributed by atoms with Gasteiger partial charge in [-0.05, 0) is 25.1 Å². The molecule has 7 heteroatoms. The first kappa shape index (κ1) is 19.4. The van der Waals surface area contributed by atoms with Crippen molar-refractivity contribution in [2.75, 3.05) is 13.7 Å². The van der Waals surface area contributed by atoms with Crippen molar-refractivity contribution < 1.29 is 19.1 Å². The molecule has 0 saturated heterocycles. The van der Waals surface area contributed by atoms with Crippen LogP contribution in [0, 0.1) is 5.41 Å². The van der Waals surface area contributed by atoms with Crippen LogP contribution in [0.4, 0.5) is 0 Å². The second-order valence-corrected chi connectivity index (χ2v) is 6.66. The molecule has 2 aromatic rings. The Hall–Kier alpha value is -2.96. The van der Waals surface area contributed by atoms with E-state index in [4.69, 9.17) is 9.47 Å². The molecule has 0 saturated carbocycles. The van der Waals surface area contributed by atoms with Crippen molar-refractivity contribution in [3.63, 3.8) is 0 Å². The molecule has 0 spiro atoms. The summed E-state index contributed by atoms with van der Waals surface area (Å²) in [6.07, 6.45) is 0. The summed E-state index contributed by atoms with van der Waals surface area (Å²) >= 11 is 0. The highest BCUT2D eigenvalue weighted by molar-refractivity contribution is 6.00. The van der Waals surface area contributed by atoms with E-state index >= 15 is 0 Å². The van der Waals surface area contributed by atoms with Crippen LogP contribution in [0.5, 0.6) is 5.75 Å². The molecule has 0 amide bonds. The number of hydrogen-bond donors (Lipinski definition) is 0. The predicted molar refractivity (Wildman–Crippen MR) is 96.1 cm³/mol. The molecule has 0 aliphatic carbocycles. The van der Waals surface area contributed by atoms with E-state index in [0.717, 1.165) is 4.68 Å². The quantitative estimate of drug-likeness (QED) is 0.603. The first-order valence-electron chi connectivity index (χ1n) is 8.19. The number of Topliss-reactive ketones (excluding diaryl/α,β-unsaturated/α-hetero) is 1. The van der Waals surface area contributed by atoms with E-state index in [0.29, 0.717) is 11.4 Å². The van der Waals surface area contributed by atoms with Crippen LogP contribution in [0.2, 0.25) is 0 Å². The molecule has 0 aliphatic rings. The number of nitrogens with zero attached hydrogens (tertiary/aromatic N) is 2. The third-order valence-corrected chi connectivity index (χ3v) is 3.62. The zero-order chi connectivity index (χ0) is 19.5. The average molecular weight is 358 g/mol. The van der Waals surface area contributed by atoms with Crippen LogP contribution in [0.15, 0.2) is 35.1 Å². The Bertz CT molecular complexity index is 894. The number of esters is 1. The van der Waals surface area contributed by atoms with E-state index < -0.39 is 16.9 Å². The maximum atomic E-state index is 12.8. The molecule has 0 radical (unpaired) electrons. The third-order valence-electron chi connectivity index (χ3n) is 3.62. The molecule has 0 atom stereocenters. The lowest BCUT2D eigenvalue weighted by atomic mass is 9.88. The highest BCUT2D eigenvalue weighted by Crippen LogP contribution is 2.21. The Labute approximate surface area is 151 Å². The maximum Gasteiger partial charge on any atom is 0.343 e. The van der Waals surface area contributed by atoms with Gasteiger partial charge in [0.25, 0.3) is 5.56 Å². The Kier molecular flexibility index (Phi) is 5.59. The van der Waals surface area contributed by atoms with E-state index in [1.165, 1.54) is 13.2 Å². The van der Waals surface area contributed by atoms with Gasteiger partial charge in [-0.15, -0.1) is 0 Å². The van der Waals surface area contributed by atoms with Gasteiger partial charge in [-0.3, -0.25) is 9.59 Å². The van der Waals surface area contributed by atoms with Crippen LogP contribution in [-0.2, 0) is 4.74 Å². The molecule has 1 aromatic heterocycles. The van der Waals surface area contributed by atoms with Crippen LogP contribution >= 0.6 is 0 Å². The number of methoxy groups -OCH3 is 1. The van der Waals surface area contributed by atoms with Crippen LogP contribution in [0.1, 0.15) is 48.5 Å². The van der Waals surface area contributed by atoms with Gasteiger partial charge in [0.2, 0.25) is 0 Å². The number of benzene rings is 1. The van der Waals surface area contributed by atoms with Gasteiger partial charge in [0.1, 0.15) is 17.0 Å². The zero-order valence-electron chi connectivity index (χ0n) is 15.5. The molecule has 0 aliphatic heterocycles. The summed E-state index contributed by atoms with van der Waals surface area (Å²) in [5.74, 6) is -0.569. The van der Waals surface area contributed by atoms with Gasteiger partial charge >= 0.3 is 5.97 Å². The van der Waals surface area contributed by atoms with E-state index in [1.807, 2.05) is 0 Å². The number of carbonyl (C=O) groups excluding carboxylic acids is 2. The molecule has 2 rings (SSSR count). The molecule has 26 heavy (non-hydrogen) atoms. The van der Waals surface area contributed by atoms with Crippen LogP contribution in [0.25, 0.3) is 5.69 Å². The topological polar surface area (TPSA) is 87.5 Å². The number of rotatable bonds is 5. The monoisotopic (exact) mass is 358 g/mol. The van der Waals surface area contributed by atoms with Crippen molar-refractivity contribution in [2.45, 2.75) is 27.7 Å². The Morgan fingerprint density at radius 1 is 1.19 bits per heavy atom. The summed E-state index contributed by atoms with van der Waals surface area (Å²) in [6, 6.07) is 7.83. The Balaban J connectivity index is 2.73. The van der Waals surface area contributed by atoms with Crippen LogP contribution in [-0.4, -0.2) is 35.2 Å². The van der Waals surface area contributed by atoms with E-state index in [-0.39, 0.29) is 23.6 Å². The van der Waals surface area contributed by atoms with Crippen molar-refractivity contribution in [1.29, 1.82) is 0 Å². The van der Waals surface area contributed by atoms with Gasteiger partial charge in [-0.25, -0.2) is 4.79 Å². The molecule has 1 heterocycles. The van der Waals surface area contributed by atoms with Crippen molar-refractivity contribution >= 4 is 11.8 Å². The minimum absolute atomic E-state index is 0.0166. The SMILES string of the molecule is CCOC(=O)c1cc(C(=O)C(C)(C)C)nn(-c2cccc(OC)c2)c1=O. The fourth-order valence-corrected chi connectivity index (χ4v) is 2.26. The summed E-state index contributed by atoms with van der Waals surface area (Å²) in [5.41, 5.74) is -1.24. The number of carbonyl (C=O) groups is 2. The average Bonchev–Trinajstić information content (AvgIpc) is 2.60. The largest absolute Gasteiger partial charge is 0.497 e. The van der Waals surface area contributed by atoms with Gasteiger partial charge in [0.15, 0.2) is 5.78 Å². The number of ether oxygens (including phenoxy) is 2. The van der Waals surface area contributed by atoms with Crippen molar-refractivity contribution in [3.05, 3.63) is 51.9 Å². The number of hydrogen-bond acceptors (Lipinski definition) is 6. The molecular weight excluding hydrogens is 336 g/mol. The Morgan fingerprint density at radius 3 is 2.46 bits per heavy atom. The zero-order valence-corrected chi connectivity index (χ0v) is 15.5. The summed E-state index contributed by atoms with van der Waals surface area (Å²) < 4.78 is 11.1. The highest BCUT2D eigenvalue weighted by Gasteiger charge is 2.28. The van der Waals surface area contributed by atoms with E-state index in [9.17, 15) is 14.4 Å². The smallest absolute Gasteiger partial charge is 0.343 e. The van der Waals surface area contributed by atoms with Crippen LogP contribution in [0.3, 0.4) is 0 Å². The third kappa shape index (κ3) is 3.99. The minimum atomic E-state index is -0.792. The van der Waals surface area contributed by atoms with E-state index in [2.05, 4.69) is 5.10 Å². The van der Waals surface area contributed by atoms with Crippen molar-refractivity contribution in [2.24, 2.45) is 5.41 Å². The van der Waals surface area contributed by atoms with E-state index in [1.54, 1.807) is 52.0 Å². The van der Waals surface area contributed by atoms with Crippen LogP contribution < -0.4 is 10.3 Å². The lowest BCUT2D eigenvalue weighted by molar-refractivity contribution is 0.0523. The molecule has 0 bridgehead atoms. The first-order chi connectivity index (χ1) is 12.2. The Morgan fingerprint density at radius 2 is 1.88 bits per heavy atom. The number of ketones is 1. The van der Waals surface area contributed by atoms with Gasteiger partial charge in [0, 0.05) is 11.5 Å². The summed E-state index contributed by atoms with van der Waals surface area (Å²) in [5, 5.41) is 4.18. The lowest BCUT2D eigenvalue weighted by Crippen LogP contribution is -2.32. The lowest BCUT2D eigenvalue weighted by Gasteiger charge is -2.17. The van der Waals surface area contributed by atoms with Gasteiger partial charge in [-0.2, -0.15) is 9.78 Å². The molecule has 1 aromatic carbocycles. The molecular formula is C19H22N2O5. The predicted octanol–water partition coefficient (Wildman–Crippen LogP) is 2.65. The maximum absolute atomic E-state index is 12.8. The highest BCUT2D eigenvalue weighted by atomic mass is 16.5. The summed E-state index contributed by atoms with van der Waals surface area (Å²) in [7, 11) is 1.50. The normalized spacial score (nSPS) is 11.1. The summed E-state index contributed by atoms with van der Waals surface area (Å²) in [4.78, 5) is 37.6. The second-order valence-electron chi connectivity index (χ2n) is 6.66.